The molecule has 11 heteroatoms. The molecule has 0 spiro atoms. The Hall–Kier alpha value is -4.02. The molecule has 2 aromatic heterocycles. The molecular weight excluding hydrogens is 511 g/mol. The fourth-order valence-electron chi connectivity index (χ4n) is 3.46. The first-order chi connectivity index (χ1) is 17.3. The van der Waals surface area contributed by atoms with Crippen LogP contribution in [0.3, 0.4) is 0 Å². The van der Waals surface area contributed by atoms with Crippen LogP contribution in [-0.4, -0.2) is 26.9 Å². The number of alkyl halides is 3. The van der Waals surface area contributed by atoms with Gasteiger partial charge in [-0.25, -0.2) is 15.1 Å². The largest absolute Gasteiger partial charge is 0.435 e. The van der Waals surface area contributed by atoms with Crippen LogP contribution in [0.25, 0.3) is 27.2 Å². The summed E-state index contributed by atoms with van der Waals surface area (Å²) in [5.74, 6) is -0.613. The van der Waals surface area contributed by atoms with Gasteiger partial charge in [-0.05, 0) is 40.6 Å². The molecule has 0 radical (unpaired) electrons. The number of rotatable bonds is 5. The summed E-state index contributed by atoms with van der Waals surface area (Å²) >= 11 is 6.83. The van der Waals surface area contributed by atoms with Crippen LogP contribution < -0.4 is 5.43 Å². The average molecular weight is 526 g/mol. The van der Waals surface area contributed by atoms with E-state index in [1.54, 1.807) is 36.4 Å². The predicted octanol–water partition coefficient (Wildman–Crippen LogP) is 6.59. The van der Waals surface area contributed by atoms with E-state index in [2.05, 4.69) is 20.6 Å². The highest BCUT2D eigenvalue weighted by Gasteiger charge is 2.35. The van der Waals surface area contributed by atoms with Crippen molar-refractivity contribution < 1.29 is 18.0 Å². The van der Waals surface area contributed by atoms with Crippen molar-refractivity contribution in [2.24, 2.45) is 5.10 Å². The Morgan fingerprint density at radius 3 is 2.53 bits per heavy atom. The predicted molar refractivity (Wildman–Crippen MR) is 134 cm³/mol. The number of benzene rings is 3. The van der Waals surface area contributed by atoms with Crippen LogP contribution in [0, 0.1) is 0 Å². The third-order valence-corrected chi connectivity index (χ3v) is 6.27. The SMILES string of the molecule is O=C(N/N=C\c1ccc(Cl)cc1)c1csc(-n2nc(C(F)(F)F)cc2-c2ccc3ccccc3c2)n1. The van der Waals surface area contributed by atoms with Gasteiger partial charge >= 0.3 is 6.18 Å². The Kier molecular flexibility index (Phi) is 6.29. The maximum Gasteiger partial charge on any atom is 0.435 e. The van der Waals surface area contributed by atoms with E-state index in [0.29, 0.717) is 10.6 Å². The number of hydrazone groups is 1. The summed E-state index contributed by atoms with van der Waals surface area (Å²) in [6.07, 6.45) is -3.22. The molecular formula is C25H15ClF3N5OS. The number of carbonyl (C=O) groups is 1. The second-order valence-corrected chi connectivity index (χ2v) is 8.93. The molecule has 0 atom stereocenters. The number of hydrogen-bond donors (Lipinski definition) is 1. The van der Waals surface area contributed by atoms with Crippen LogP contribution in [0.2, 0.25) is 5.02 Å². The minimum absolute atomic E-state index is 0.00298. The van der Waals surface area contributed by atoms with Crippen molar-refractivity contribution in [3.63, 3.8) is 0 Å². The van der Waals surface area contributed by atoms with Gasteiger partial charge in [-0.15, -0.1) is 11.3 Å². The fraction of sp³-hybridized carbons (Fsp3) is 0.0400. The number of carbonyl (C=O) groups excluding carboxylic acids is 1. The minimum atomic E-state index is -4.65. The van der Waals surface area contributed by atoms with Crippen molar-refractivity contribution in [1.82, 2.24) is 20.2 Å². The van der Waals surface area contributed by atoms with Gasteiger partial charge in [0.05, 0.1) is 11.9 Å². The molecule has 0 aliphatic carbocycles. The third kappa shape index (κ3) is 5.00. The number of aromatic nitrogens is 3. The van der Waals surface area contributed by atoms with Gasteiger partial charge < -0.3 is 0 Å². The minimum Gasteiger partial charge on any atom is -0.266 e. The molecule has 180 valence electrons. The van der Waals surface area contributed by atoms with Crippen LogP contribution in [0.1, 0.15) is 21.7 Å². The lowest BCUT2D eigenvalue weighted by atomic mass is 10.0. The summed E-state index contributed by atoms with van der Waals surface area (Å²) in [7, 11) is 0. The topological polar surface area (TPSA) is 72.2 Å². The maximum atomic E-state index is 13.5. The van der Waals surface area contributed by atoms with Crippen molar-refractivity contribution in [3.8, 4) is 16.4 Å². The molecule has 0 unspecified atom stereocenters. The number of nitrogens with zero attached hydrogens (tertiary/aromatic N) is 4. The van der Waals surface area contributed by atoms with Crippen molar-refractivity contribution in [2.45, 2.75) is 6.18 Å². The lowest BCUT2D eigenvalue weighted by Gasteiger charge is -2.06. The van der Waals surface area contributed by atoms with Gasteiger partial charge in [-0.2, -0.15) is 23.4 Å². The van der Waals surface area contributed by atoms with Crippen LogP contribution in [0.5, 0.6) is 0 Å². The molecule has 0 fully saturated rings. The molecule has 5 aromatic rings. The summed E-state index contributed by atoms with van der Waals surface area (Å²) in [5, 5.41) is 11.6. The van der Waals surface area contributed by atoms with Gasteiger partial charge in [0.15, 0.2) is 5.69 Å². The summed E-state index contributed by atoms with van der Waals surface area (Å²) in [6.45, 7) is 0. The summed E-state index contributed by atoms with van der Waals surface area (Å²) in [6, 6.07) is 20.7. The lowest BCUT2D eigenvalue weighted by Crippen LogP contribution is -2.18. The van der Waals surface area contributed by atoms with Gasteiger partial charge in [0, 0.05) is 16.0 Å². The van der Waals surface area contributed by atoms with E-state index in [1.165, 1.54) is 11.6 Å². The van der Waals surface area contributed by atoms with Gasteiger partial charge in [-0.3, -0.25) is 4.79 Å². The first-order valence-corrected chi connectivity index (χ1v) is 11.7. The lowest BCUT2D eigenvalue weighted by molar-refractivity contribution is -0.141. The Morgan fingerprint density at radius 1 is 1.03 bits per heavy atom. The molecule has 0 saturated carbocycles. The number of hydrogen-bond acceptors (Lipinski definition) is 5. The van der Waals surface area contributed by atoms with E-state index in [4.69, 9.17) is 11.6 Å². The van der Waals surface area contributed by atoms with Crippen LogP contribution in [0.15, 0.2) is 83.3 Å². The zero-order chi connectivity index (χ0) is 25.3. The monoisotopic (exact) mass is 525 g/mol. The zero-order valence-electron chi connectivity index (χ0n) is 18.2. The van der Waals surface area contributed by atoms with Crippen LogP contribution in [0.4, 0.5) is 13.2 Å². The number of fused-ring (bicyclic) bond motifs is 1. The first kappa shape index (κ1) is 23.7. The number of amides is 1. The molecule has 3 aromatic carbocycles. The van der Waals surface area contributed by atoms with Crippen molar-refractivity contribution >= 4 is 45.8 Å². The van der Waals surface area contributed by atoms with E-state index in [9.17, 15) is 18.0 Å². The Bertz CT molecular complexity index is 1590. The van der Waals surface area contributed by atoms with E-state index in [-0.39, 0.29) is 16.5 Å². The maximum absolute atomic E-state index is 13.5. The second-order valence-electron chi connectivity index (χ2n) is 7.65. The van der Waals surface area contributed by atoms with E-state index < -0.39 is 17.8 Å². The molecule has 36 heavy (non-hydrogen) atoms. The summed E-state index contributed by atoms with van der Waals surface area (Å²) in [5.41, 5.74) is 2.75. The fourth-order valence-corrected chi connectivity index (χ4v) is 4.35. The van der Waals surface area contributed by atoms with E-state index in [1.807, 2.05) is 30.3 Å². The Balaban J connectivity index is 1.45. The third-order valence-electron chi connectivity index (χ3n) is 5.20. The van der Waals surface area contributed by atoms with Crippen molar-refractivity contribution in [1.29, 1.82) is 0 Å². The molecule has 1 N–H and O–H groups in total. The smallest absolute Gasteiger partial charge is 0.266 e. The molecule has 1 amide bonds. The first-order valence-electron chi connectivity index (χ1n) is 10.5. The molecule has 0 bridgehead atoms. The standard InChI is InChI=1S/C25H15ClF3N5OS/c26-19-9-5-15(6-10-19)13-30-32-23(35)20-14-36-24(31-20)34-21(12-22(33-34)25(27,28)29)18-8-7-16-3-1-2-4-17(16)11-18/h1-14H,(H,32,35)/b30-13-. The van der Waals surface area contributed by atoms with Gasteiger partial charge in [0.1, 0.15) is 5.69 Å². The summed E-state index contributed by atoms with van der Waals surface area (Å²) in [4.78, 5) is 16.7. The van der Waals surface area contributed by atoms with Gasteiger partial charge in [0.25, 0.3) is 5.91 Å². The van der Waals surface area contributed by atoms with Crippen molar-refractivity contribution in [3.05, 3.63) is 100 Å². The second kappa shape index (κ2) is 9.56. The number of nitrogens with one attached hydrogen (secondary N) is 1. The average Bonchev–Trinajstić information content (AvgIpc) is 3.53. The van der Waals surface area contributed by atoms with Crippen LogP contribution >= 0.6 is 22.9 Å². The highest BCUT2D eigenvalue weighted by atomic mass is 35.5. The van der Waals surface area contributed by atoms with Gasteiger partial charge in [0.2, 0.25) is 5.13 Å². The Morgan fingerprint density at radius 2 is 1.78 bits per heavy atom. The molecule has 0 aliphatic rings. The highest BCUT2D eigenvalue weighted by molar-refractivity contribution is 7.12. The van der Waals surface area contributed by atoms with E-state index in [0.717, 1.165) is 38.4 Å². The normalized spacial score (nSPS) is 11.9. The quantitative estimate of drug-likeness (QED) is 0.208. The molecule has 0 saturated heterocycles. The highest BCUT2D eigenvalue weighted by Crippen LogP contribution is 2.34. The van der Waals surface area contributed by atoms with Crippen LogP contribution in [-0.2, 0) is 6.18 Å². The number of halogens is 4. The zero-order valence-corrected chi connectivity index (χ0v) is 19.8. The van der Waals surface area contributed by atoms with E-state index >= 15 is 0 Å². The van der Waals surface area contributed by atoms with Gasteiger partial charge in [-0.1, -0.05) is 60.1 Å². The summed E-state index contributed by atoms with van der Waals surface area (Å²) < 4.78 is 41.7. The molecule has 5 rings (SSSR count). The molecule has 0 aliphatic heterocycles. The van der Waals surface area contributed by atoms with Crippen molar-refractivity contribution in [2.75, 3.05) is 0 Å². The molecule has 2 heterocycles. The molecule has 6 nitrogen and oxygen atoms in total. The Labute approximate surface area is 211 Å². The number of thiazole rings is 1.